The fourth-order valence-corrected chi connectivity index (χ4v) is 3.05. The Morgan fingerprint density at radius 3 is 2.90 bits per heavy atom. The summed E-state index contributed by atoms with van der Waals surface area (Å²) in [5, 5.41) is 0. The Bertz CT molecular complexity index is 155. The van der Waals surface area contributed by atoms with E-state index in [-0.39, 0.29) is 6.10 Å². The van der Waals surface area contributed by atoms with Crippen molar-refractivity contribution in [2.24, 2.45) is 0 Å². The molecule has 0 spiro atoms. The van der Waals surface area contributed by atoms with Crippen LogP contribution in [0.3, 0.4) is 0 Å². The monoisotopic (exact) mass is 182 g/mol. The van der Waals surface area contributed by atoms with Gasteiger partial charge in [-0.2, -0.15) is 0 Å². The van der Waals surface area contributed by atoms with Gasteiger partial charge in [0, 0.05) is 0 Å². The van der Waals surface area contributed by atoms with E-state index in [2.05, 4.69) is 0 Å². The fraction of sp³-hybridized carbons (Fsp3) is 1.00. The molecule has 2 unspecified atom stereocenters. The Morgan fingerprint density at radius 1 is 1.80 bits per heavy atom. The van der Waals surface area contributed by atoms with Gasteiger partial charge in [-0.1, -0.05) is 0 Å². The molecule has 0 bridgehead atoms. The lowest BCUT2D eigenvalue weighted by Crippen LogP contribution is -2.00. The maximum atomic E-state index is 5.27. The first-order chi connectivity index (χ1) is 4.66. The SMILES string of the molecule is CCOP1(=S)OCC(C)O1. The molecule has 1 aliphatic heterocycles. The van der Waals surface area contributed by atoms with Crippen molar-refractivity contribution < 1.29 is 13.6 Å². The predicted octanol–water partition coefficient (Wildman–Crippen LogP) is 1.68. The lowest BCUT2D eigenvalue weighted by molar-refractivity contribution is 0.231. The Labute approximate surface area is 65.9 Å². The van der Waals surface area contributed by atoms with E-state index < -0.39 is 6.72 Å². The lowest BCUT2D eigenvalue weighted by Gasteiger charge is -2.11. The van der Waals surface area contributed by atoms with E-state index >= 15 is 0 Å². The van der Waals surface area contributed by atoms with Crippen LogP contribution in [0, 0.1) is 0 Å². The van der Waals surface area contributed by atoms with E-state index in [1.807, 2.05) is 13.8 Å². The van der Waals surface area contributed by atoms with Crippen molar-refractivity contribution in [2.75, 3.05) is 13.2 Å². The molecular formula is C5H11O3PS. The normalized spacial score (nSPS) is 40.4. The average molecular weight is 182 g/mol. The summed E-state index contributed by atoms with van der Waals surface area (Å²) < 4.78 is 15.6. The Balaban J connectivity index is 2.47. The minimum Gasteiger partial charge on any atom is -0.309 e. The number of hydrogen-bond donors (Lipinski definition) is 0. The number of hydrogen-bond acceptors (Lipinski definition) is 4. The van der Waals surface area contributed by atoms with Gasteiger partial charge in [0.25, 0.3) is 0 Å². The zero-order valence-electron chi connectivity index (χ0n) is 6.07. The Hall–Kier alpha value is 0.530. The molecule has 5 heteroatoms. The minimum atomic E-state index is -2.29. The van der Waals surface area contributed by atoms with Crippen molar-refractivity contribution in [3.05, 3.63) is 0 Å². The van der Waals surface area contributed by atoms with Gasteiger partial charge >= 0.3 is 6.72 Å². The van der Waals surface area contributed by atoms with Crippen LogP contribution in [0.2, 0.25) is 0 Å². The van der Waals surface area contributed by atoms with Crippen molar-refractivity contribution >= 4 is 18.5 Å². The van der Waals surface area contributed by atoms with Crippen LogP contribution in [0.15, 0.2) is 0 Å². The van der Waals surface area contributed by atoms with Crippen LogP contribution in [0.4, 0.5) is 0 Å². The van der Waals surface area contributed by atoms with Gasteiger partial charge in [0.15, 0.2) is 0 Å². The first kappa shape index (κ1) is 8.62. The summed E-state index contributed by atoms with van der Waals surface area (Å²) in [5.41, 5.74) is 0. The fourth-order valence-electron chi connectivity index (χ4n) is 0.703. The van der Waals surface area contributed by atoms with Gasteiger partial charge in [-0.25, -0.2) is 0 Å². The predicted molar refractivity (Wildman–Crippen MR) is 42.4 cm³/mol. The summed E-state index contributed by atoms with van der Waals surface area (Å²) in [6, 6.07) is 0. The molecule has 3 nitrogen and oxygen atoms in total. The summed E-state index contributed by atoms with van der Waals surface area (Å²) in [5.74, 6) is 0. The van der Waals surface area contributed by atoms with E-state index in [0.29, 0.717) is 13.2 Å². The third kappa shape index (κ3) is 2.01. The summed E-state index contributed by atoms with van der Waals surface area (Å²) in [6.45, 7) is 2.64. The minimum absolute atomic E-state index is 0.0948. The zero-order chi connectivity index (χ0) is 7.61. The standard InChI is InChI=1S/C5H11O3PS/c1-3-6-9(10)7-4-5(2)8-9/h5H,3-4H2,1-2H3. The van der Waals surface area contributed by atoms with Crippen molar-refractivity contribution in [1.29, 1.82) is 0 Å². The summed E-state index contributed by atoms with van der Waals surface area (Å²) in [7, 11) is 0. The molecule has 0 aliphatic carbocycles. The van der Waals surface area contributed by atoms with Crippen LogP contribution in [0.1, 0.15) is 13.8 Å². The lowest BCUT2D eigenvalue weighted by atomic mass is 10.5. The molecule has 0 aromatic rings. The third-order valence-corrected chi connectivity index (χ3v) is 3.61. The second-order valence-corrected chi connectivity index (χ2v) is 5.04. The second kappa shape index (κ2) is 3.28. The van der Waals surface area contributed by atoms with Crippen LogP contribution >= 0.6 is 6.72 Å². The Morgan fingerprint density at radius 2 is 2.50 bits per heavy atom. The molecular weight excluding hydrogens is 171 g/mol. The first-order valence-electron chi connectivity index (χ1n) is 3.24. The molecule has 1 heterocycles. The molecule has 2 atom stereocenters. The molecule has 0 aromatic carbocycles. The molecule has 1 saturated heterocycles. The quantitative estimate of drug-likeness (QED) is 0.607. The van der Waals surface area contributed by atoms with Crippen LogP contribution in [0.5, 0.6) is 0 Å². The molecule has 1 rings (SSSR count). The van der Waals surface area contributed by atoms with Crippen molar-refractivity contribution in [1.82, 2.24) is 0 Å². The highest BCUT2D eigenvalue weighted by Gasteiger charge is 2.30. The maximum absolute atomic E-state index is 5.27. The van der Waals surface area contributed by atoms with Crippen LogP contribution in [-0.2, 0) is 25.4 Å². The smallest absolute Gasteiger partial charge is 0.309 e. The van der Waals surface area contributed by atoms with E-state index in [0.717, 1.165) is 0 Å². The molecule has 0 radical (unpaired) electrons. The van der Waals surface area contributed by atoms with Crippen LogP contribution in [0.25, 0.3) is 0 Å². The van der Waals surface area contributed by atoms with Crippen molar-refractivity contribution in [3.63, 3.8) is 0 Å². The zero-order valence-corrected chi connectivity index (χ0v) is 7.78. The highest BCUT2D eigenvalue weighted by molar-refractivity contribution is 8.07. The van der Waals surface area contributed by atoms with Crippen LogP contribution < -0.4 is 0 Å². The first-order valence-corrected chi connectivity index (χ1v) is 5.79. The Kier molecular flexibility index (Phi) is 2.83. The molecule has 1 fully saturated rings. The topological polar surface area (TPSA) is 27.7 Å². The summed E-state index contributed by atoms with van der Waals surface area (Å²) >= 11 is 4.99. The van der Waals surface area contributed by atoms with Gasteiger partial charge in [0.1, 0.15) is 0 Å². The number of rotatable bonds is 2. The summed E-state index contributed by atoms with van der Waals surface area (Å²) in [4.78, 5) is 0. The van der Waals surface area contributed by atoms with E-state index in [9.17, 15) is 0 Å². The molecule has 0 amide bonds. The van der Waals surface area contributed by atoms with Gasteiger partial charge in [-0.3, -0.25) is 0 Å². The molecule has 1 aliphatic rings. The molecule has 60 valence electrons. The van der Waals surface area contributed by atoms with E-state index in [4.69, 9.17) is 25.4 Å². The van der Waals surface area contributed by atoms with Gasteiger partial charge in [-0.15, -0.1) is 0 Å². The van der Waals surface area contributed by atoms with Crippen molar-refractivity contribution in [3.8, 4) is 0 Å². The van der Waals surface area contributed by atoms with E-state index in [1.165, 1.54) is 0 Å². The average Bonchev–Trinajstić information content (AvgIpc) is 2.12. The largest absolute Gasteiger partial charge is 0.327 e. The van der Waals surface area contributed by atoms with Gasteiger partial charge in [0.2, 0.25) is 0 Å². The maximum Gasteiger partial charge on any atom is 0.327 e. The van der Waals surface area contributed by atoms with Crippen molar-refractivity contribution in [2.45, 2.75) is 20.0 Å². The molecule has 0 N–H and O–H groups in total. The van der Waals surface area contributed by atoms with Crippen LogP contribution in [-0.4, -0.2) is 19.3 Å². The van der Waals surface area contributed by atoms with Gasteiger partial charge < -0.3 is 13.6 Å². The van der Waals surface area contributed by atoms with Gasteiger partial charge in [0.05, 0.1) is 19.3 Å². The highest BCUT2D eigenvalue weighted by Crippen LogP contribution is 2.54. The van der Waals surface area contributed by atoms with Gasteiger partial charge in [-0.05, 0) is 25.7 Å². The second-order valence-electron chi connectivity index (χ2n) is 2.08. The highest BCUT2D eigenvalue weighted by atomic mass is 32.5. The summed E-state index contributed by atoms with van der Waals surface area (Å²) in [6.07, 6.45) is 0.0948. The molecule has 0 aromatic heterocycles. The van der Waals surface area contributed by atoms with E-state index in [1.54, 1.807) is 0 Å². The third-order valence-electron chi connectivity index (χ3n) is 1.06. The molecule has 10 heavy (non-hydrogen) atoms. The molecule has 0 saturated carbocycles.